The number of carbonyl (C=O) groups excluding carboxylic acids is 1. The van der Waals surface area contributed by atoms with Gasteiger partial charge in [-0.25, -0.2) is 8.42 Å². The van der Waals surface area contributed by atoms with E-state index in [0.717, 1.165) is 42.5 Å². The average Bonchev–Trinajstić information content (AvgIpc) is 3.65. The standard InChI is InChI=1S/C26H29N3O4S/c1-17-7-10-23-24(29(17)26(30)18-8-9-18)12-11-22(25(23)33-21-5-3-2-4-6-21)19(13-27)14-28-20-15-34(31,32)16-20/h2-6,11-14,17-18,20H,7-10,15-16,27H2,1H3/t17-/m0/s1. The minimum atomic E-state index is -2.96. The fraction of sp³-hybridized carbons (Fsp3) is 0.385. The molecule has 2 aromatic rings. The number of ether oxygens (including phenoxy) is 1. The Hall–Kier alpha value is -3.13. The highest BCUT2D eigenvalue weighted by atomic mass is 32.2. The van der Waals surface area contributed by atoms with Crippen LogP contribution in [-0.2, 0) is 21.1 Å². The maximum Gasteiger partial charge on any atom is 0.230 e. The summed E-state index contributed by atoms with van der Waals surface area (Å²) in [7, 11) is -2.96. The van der Waals surface area contributed by atoms with Crippen molar-refractivity contribution in [2.45, 2.75) is 44.7 Å². The zero-order valence-electron chi connectivity index (χ0n) is 19.2. The van der Waals surface area contributed by atoms with Crippen molar-refractivity contribution in [1.82, 2.24) is 0 Å². The van der Waals surface area contributed by atoms with E-state index in [0.29, 0.717) is 17.1 Å². The number of aliphatic imine (C=N–C) groups is 1. The van der Waals surface area contributed by atoms with Gasteiger partial charge in [0.1, 0.15) is 11.5 Å². The van der Waals surface area contributed by atoms with Gasteiger partial charge >= 0.3 is 0 Å². The Balaban J connectivity index is 1.56. The molecule has 1 saturated carbocycles. The number of allylic oxidation sites excluding steroid dienone is 1. The molecule has 2 aromatic carbocycles. The third-order valence-electron chi connectivity index (χ3n) is 6.68. The normalized spacial score (nSPS) is 22.3. The van der Waals surface area contributed by atoms with Crippen molar-refractivity contribution in [1.29, 1.82) is 0 Å². The quantitative estimate of drug-likeness (QED) is 0.636. The van der Waals surface area contributed by atoms with Gasteiger partial charge in [-0.3, -0.25) is 9.79 Å². The Kier molecular flexibility index (Phi) is 5.93. The van der Waals surface area contributed by atoms with Crippen LogP contribution >= 0.6 is 0 Å². The van der Waals surface area contributed by atoms with E-state index in [1.54, 1.807) is 6.21 Å². The number of amides is 1. The van der Waals surface area contributed by atoms with Gasteiger partial charge in [-0.1, -0.05) is 18.2 Å². The van der Waals surface area contributed by atoms with Crippen LogP contribution in [0.2, 0.25) is 0 Å². The zero-order valence-corrected chi connectivity index (χ0v) is 20.0. The van der Waals surface area contributed by atoms with E-state index in [2.05, 4.69) is 11.9 Å². The predicted octanol–water partition coefficient (Wildman–Crippen LogP) is 3.72. The van der Waals surface area contributed by atoms with Crippen molar-refractivity contribution in [2.24, 2.45) is 16.6 Å². The van der Waals surface area contributed by atoms with Gasteiger partial charge in [-0.05, 0) is 56.9 Å². The smallest absolute Gasteiger partial charge is 0.230 e. The minimum absolute atomic E-state index is 0.0645. The van der Waals surface area contributed by atoms with Gasteiger partial charge in [-0.2, -0.15) is 0 Å². The number of nitrogens with two attached hydrogens (primary N) is 1. The molecule has 1 saturated heterocycles. The SMILES string of the molecule is C[C@H]1CCc2c(ccc(C(C=NC3CS(=O)(=O)C3)=CN)c2Oc2ccccc2)N1C(=O)C1CC1. The highest BCUT2D eigenvalue weighted by molar-refractivity contribution is 7.92. The number of benzene rings is 2. The molecule has 1 atom stereocenters. The molecule has 2 aliphatic heterocycles. The second kappa shape index (κ2) is 8.91. The molecule has 2 fully saturated rings. The molecule has 2 heterocycles. The number of nitrogens with zero attached hydrogens (tertiary/aromatic N) is 2. The summed E-state index contributed by atoms with van der Waals surface area (Å²) < 4.78 is 29.4. The lowest BCUT2D eigenvalue weighted by Crippen LogP contribution is -2.43. The first kappa shape index (κ1) is 22.7. The first-order valence-corrected chi connectivity index (χ1v) is 13.6. The molecule has 0 unspecified atom stereocenters. The monoisotopic (exact) mass is 479 g/mol. The number of carbonyl (C=O) groups is 1. The molecule has 8 heteroatoms. The van der Waals surface area contributed by atoms with E-state index in [1.165, 1.54) is 6.20 Å². The third kappa shape index (κ3) is 4.46. The summed E-state index contributed by atoms with van der Waals surface area (Å²) in [5.41, 5.74) is 9.29. The van der Waals surface area contributed by atoms with Crippen molar-refractivity contribution in [3.8, 4) is 11.5 Å². The second-order valence-electron chi connectivity index (χ2n) is 9.36. The molecular formula is C26H29N3O4S. The number of hydrogen-bond acceptors (Lipinski definition) is 6. The van der Waals surface area contributed by atoms with Gasteiger partial charge in [0, 0.05) is 41.1 Å². The van der Waals surface area contributed by atoms with Crippen molar-refractivity contribution in [3.63, 3.8) is 0 Å². The molecule has 1 amide bonds. The molecule has 2 N–H and O–H groups in total. The summed E-state index contributed by atoms with van der Waals surface area (Å²) >= 11 is 0. The fourth-order valence-corrected chi connectivity index (χ4v) is 5.88. The molecule has 1 aliphatic carbocycles. The van der Waals surface area contributed by atoms with E-state index in [1.807, 2.05) is 47.4 Å². The maximum absolute atomic E-state index is 13.1. The Morgan fingerprint density at radius 2 is 1.85 bits per heavy atom. The molecule has 0 aromatic heterocycles. The van der Waals surface area contributed by atoms with E-state index in [-0.39, 0.29) is 35.4 Å². The van der Waals surface area contributed by atoms with Crippen molar-refractivity contribution >= 4 is 33.2 Å². The Morgan fingerprint density at radius 1 is 1.12 bits per heavy atom. The largest absolute Gasteiger partial charge is 0.456 e. The minimum Gasteiger partial charge on any atom is -0.456 e. The lowest BCUT2D eigenvalue weighted by Gasteiger charge is -2.37. The maximum atomic E-state index is 13.1. The second-order valence-corrected chi connectivity index (χ2v) is 11.5. The molecule has 0 bridgehead atoms. The molecule has 3 aliphatic rings. The summed E-state index contributed by atoms with van der Waals surface area (Å²) in [5.74, 6) is 1.79. The van der Waals surface area contributed by atoms with Gasteiger partial charge in [0.25, 0.3) is 0 Å². The van der Waals surface area contributed by atoms with Crippen molar-refractivity contribution in [3.05, 3.63) is 59.8 Å². The summed E-state index contributed by atoms with van der Waals surface area (Å²) in [6, 6.07) is 13.3. The summed E-state index contributed by atoms with van der Waals surface area (Å²) in [6.45, 7) is 2.10. The number of hydrogen-bond donors (Lipinski definition) is 1. The molecule has 5 rings (SSSR count). The number of para-hydroxylation sites is 1. The number of fused-ring (bicyclic) bond motifs is 1. The zero-order chi connectivity index (χ0) is 23.9. The highest BCUT2D eigenvalue weighted by Crippen LogP contribution is 2.44. The first-order valence-electron chi connectivity index (χ1n) is 11.7. The van der Waals surface area contributed by atoms with Gasteiger partial charge in [0.2, 0.25) is 5.91 Å². The van der Waals surface area contributed by atoms with Crippen molar-refractivity contribution in [2.75, 3.05) is 16.4 Å². The van der Waals surface area contributed by atoms with E-state index in [9.17, 15) is 13.2 Å². The van der Waals surface area contributed by atoms with Crippen LogP contribution in [0.4, 0.5) is 5.69 Å². The van der Waals surface area contributed by atoms with Gasteiger partial charge < -0.3 is 15.4 Å². The molecule has 178 valence electrons. The Bertz CT molecular complexity index is 1250. The van der Waals surface area contributed by atoms with Crippen LogP contribution < -0.4 is 15.4 Å². The highest BCUT2D eigenvalue weighted by Gasteiger charge is 2.39. The van der Waals surface area contributed by atoms with Crippen LogP contribution in [0.3, 0.4) is 0 Å². The summed E-state index contributed by atoms with van der Waals surface area (Å²) in [6.07, 6.45) is 6.63. The summed E-state index contributed by atoms with van der Waals surface area (Å²) in [5, 5.41) is 0. The number of sulfone groups is 1. The van der Waals surface area contributed by atoms with E-state index < -0.39 is 9.84 Å². The lowest BCUT2D eigenvalue weighted by atomic mass is 9.91. The summed E-state index contributed by atoms with van der Waals surface area (Å²) in [4.78, 5) is 19.5. The van der Waals surface area contributed by atoms with Gasteiger partial charge in [-0.15, -0.1) is 0 Å². The van der Waals surface area contributed by atoms with Gasteiger partial charge in [0.15, 0.2) is 9.84 Å². The Labute approximate surface area is 200 Å². The molecule has 0 spiro atoms. The van der Waals surface area contributed by atoms with Crippen LogP contribution in [0.15, 0.2) is 53.7 Å². The Morgan fingerprint density at radius 3 is 2.50 bits per heavy atom. The lowest BCUT2D eigenvalue weighted by molar-refractivity contribution is -0.120. The predicted molar refractivity (Wildman–Crippen MR) is 134 cm³/mol. The molecule has 7 nitrogen and oxygen atoms in total. The van der Waals surface area contributed by atoms with Crippen LogP contribution in [0.25, 0.3) is 5.57 Å². The topological polar surface area (TPSA) is 102 Å². The first-order chi connectivity index (χ1) is 16.4. The van der Waals surface area contributed by atoms with Crippen molar-refractivity contribution < 1.29 is 17.9 Å². The molecule has 34 heavy (non-hydrogen) atoms. The van der Waals surface area contributed by atoms with Crippen LogP contribution in [0.1, 0.15) is 37.3 Å². The molecule has 0 radical (unpaired) electrons. The average molecular weight is 480 g/mol. The van der Waals surface area contributed by atoms with E-state index >= 15 is 0 Å². The van der Waals surface area contributed by atoms with Gasteiger partial charge in [0.05, 0.1) is 23.2 Å². The third-order valence-corrected chi connectivity index (χ3v) is 8.47. The number of anilines is 1. The number of rotatable bonds is 6. The fourth-order valence-electron chi connectivity index (χ4n) is 4.63. The van der Waals surface area contributed by atoms with Crippen LogP contribution in [0.5, 0.6) is 11.5 Å². The van der Waals surface area contributed by atoms with E-state index in [4.69, 9.17) is 10.5 Å². The van der Waals surface area contributed by atoms with Crippen LogP contribution in [-0.4, -0.2) is 44.1 Å². The molecular weight excluding hydrogens is 450 g/mol. The van der Waals surface area contributed by atoms with Crippen LogP contribution in [0, 0.1) is 5.92 Å².